The Bertz CT molecular complexity index is 1580. The van der Waals surface area contributed by atoms with E-state index in [1.807, 2.05) is 37.3 Å². The second kappa shape index (κ2) is 19.1. The van der Waals surface area contributed by atoms with E-state index >= 15 is 0 Å². The largest absolute Gasteiger partial charge is 0.467 e. The number of carbonyl (C=O) groups excluding carboxylic acids is 5. The van der Waals surface area contributed by atoms with Crippen LogP contribution in [0.1, 0.15) is 114 Å². The van der Waals surface area contributed by atoms with Crippen molar-refractivity contribution < 1.29 is 33.4 Å². The molecule has 2 saturated heterocycles. The Labute approximate surface area is 318 Å². The van der Waals surface area contributed by atoms with Gasteiger partial charge in [0.2, 0.25) is 17.7 Å². The molecule has 2 saturated carbocycles. The lowest BCUT2D eigenvalue weighted by Crippen LogP contribution is -2.53. The zero-order valence-corrected chi connectivity index (χ0v) is 31.6. The molecule has 6 rings (SSSR count). The third-order valence-corrected chi connectivity index (χ3v) is 11.3. The van der Waals surface area contributed by atoms with E-state index in [2.05, 4.69) is 21.0 Å². The van der Waals surface area contributed by atoms with E-state index in [4.69, 9.17) is 9.47 Å². The Hall–Kier alpha value is -4.62. The van der Waals surface area contributed by atoms with Gasteiger partial charge in [-0.1, -0.05) is 63.6 Å². The lowest BCUT2D eigenvalue weighted by atomic mass is 9.84. The predicted molar refractivity (Wildman–Crippen MR) is 201 cm³/mol. The van der Waals surface area contributed by atoms with Gasteiger partial charge in [-0.2, -0.15) is 5.10 Å². The van der Waals surface area contributed by atoms with Gasteiger partial charge in [-0.05, 0) is 75.8 Å². The number of para-hydroxylation sites is 1. The second-order valence-electron chi connectivity index (χ2n) is 15.3. The highest BCUT2D eigenvalue weighted by Gasteiger charge is 2.37. The summed E-state index contributed by atoms with van der Waals surface area (Å²) in [6.45, 7) is 3.51. The van der Waals surface area contributed by atoms with E-state index in [1.54, 1.807) is 9.80 Å². The number of rotatable bonds is 15. The summed E-state index contributed by atoms with van der Waals surface area (Å²) in [5.41, 5.74) is 0.699. The first-order valence-corrected chi connectivity index (χ1v) is 20.2. The van der Waals surface area contributed by atoms with Gasteiger partial charge >= 0.3 is 6.09 Å². The summed E-state index contributed by atoms with van der Waals surface area (Å²) in [7, 11) is 0. The van der Waals surface area contributed by atoms with Crippen LogP contribution in [0.2, 0.25) is 0 Å². The van der Waals surface area contributed by atoms with E-state index in [9.17, 15) is 24.0 Å². The Morgan fingerprint density at radius 3 is 2.30 bits per heavy atom. The second-order valence-corrected chi connectivity index (χ2v) is 15.3. The molecule has 1 aromatic carbocycles. The quantitative estimate of drug-likeness (QED) is 0.224. The van der Waals surface area contributed by atoms with Crippen LogP contribution in [-0.4, -0.2) is 106 Å². The van der Waals surface area contributed by atoms with Crippen molar-refractivity contribution >= 4 is 29.7 Å². The van der Waals surface area contributed by atoms with Gasteiger partial charge in [-0.25, -0.2) is 9.48 Å². The maximum atomic E-state index is 14.1. The molecule has 4 fully saturated rings. The zero-order valence-electron chi connectivity index (χ0n) is 31.6. The first kappa shape index (κ1) is 39.1. The van der Waals surface area contributed by atoms with Crippen LogP contribution in [0, 0.1) is 5.92 Å². The fraction of sp³-hybridized carbons (Fsp3) is 0.650. The van der Waals surface area contributed by atoms with Crippen LogP contribution in [0.25, 0.3) is 5.69 Å². The number of nitrogens with zero attached hydrogens (tertiary/aromatic N) is 4. The van der Waals surface area contributed by atoms with Crippen molar-refractivity contribution in [2.45, 2.75) is 127 Å². The average molecular weight is 748 g/mol. The highest BCUT2D eigenvalue weighted by atomic mass is 16.5. The van der Waals surface area contributed by atoms with Crippen molar-refractivity contribution in [3.05, 3.63) is 42.1 Å². The number of aromatic nitrogens is 2. The van der Waals surface area contributed by atoms with Gasteiger partial charge < -0.3 is 35.2 Å². The Balaban J connectivity index is 1.12. The fourth-order valence-electron chi connectivity index (χ4n) is 7.93. The molecule has 2 atom stereocenters. The monoisotopic (exact) mass is 747 g/mol. The minimum atomic E-state index is -0.741. The molecule has 3 N–H and O–H groups in total. The van der Waals surface area contributed by atoms with Crippen LogP contribution in [0.5, 0.6) is 5.88 Å². The molecule has 14 heteroatoms. The lowest BCUT2D eigenvalue weighted by molar-refractivity contribution is -0.140. The van der Waals surface area contributed by atoms with Crippen LogP contribution in [0.3, 0.4) is 0 Å². The van der Waals surface area contributed by atoms with Crippen molar-refractivity contribution in [2.24, 2.45) is 5.92 Å². The lowest BCUT2D eigenvalue weighted by Gasteiger charge is -2.35. The molecule has 0 bridgehead atoms. The normalized spacial score (nSPS) is 20.1. The van der Waals surface area contributed by atoms with E-state index in [0.29, 0.717) is 63.5 Å². The Morgan fingerprint density at radius 2 is 1.59 bits per heavy atom. The third kappa shape index (κ3) is 10.3. The van der Waals surface area contributed by atoms with Gasteiger partial charge in [0, 0.05) is 37.8 Å². The number of amides is 5. The van der Waals surface area contributed by atoms with Crippen LogP contribution in [0.4, 0.5) is 4.79 Å². The maximum Gasteiger partial charge on any atom is 0.407 e. The molecule has 4 aliphatic rings. The molecular formula is C40H57N7O7. The number of hydrogen-bond acceptors (Lipinski definition) is 8. The van der Waals surface area contributed by atoms with Gasteiger partial charge in [0.05, 0.1) is 12.3 Å². The zero-order chi connectivity index (χ0) is 37.9. The number of benzene rings is 1. The molecule has 5 amide bonds. The average Bonchev–Trinajstić information content (AvgIpc) is 3.85. The van der Waals surface area contributed by atoms with Crippen molar-refractivity contribution in [2.75, 3.05) is 32.8 Å². The standard InChI is InChI=1S/C40H57N7O7/c1-2-3-24-53-40(52)42-30-19-22-45(23-20-30)39(51)33(25-28-12-6-4-7-13-28)43-37(49)32-26-36(47(44-32)31-16-8-5-9-17-31)54-27-35(48)46-21-11-18-34(46)38(50)41-29-14-10-15-29/h5,8-9,16-17,26,28-30,33-34H,2-4,6-7,10-15,18-25,27H2,1H3,(H,41,50)(H,42,52)(H,43,49)/t33-,34-/m0/s1. The Kier molecular flexibility index (Phi) is 13.8. The van der Waals surface area contributed by atoms with Gasteiger partial charge in [0.1, 0.15) is 12.1 Å². The number of piperidine rings is 1. The molecule has 294 valence electrons. The molecule has 14 nitrogen and oxygen atoms in total. The minimum absolute atomic E-state index is 0.0613. The van der Waals surface area contributed by atoms with Crippen molar-refractivity contribution in [3.8, 4) is 11.6 Å². The van der Waals surface area contributed by atoms with E-state index < -0.39 is 24.1 Å². The first-order valence-electron chi connectivity index (χ1n) is 20.2. The molecular weight excluding hydrogens is 690 g/mol. The van der Waals surface area contributed by atoms with Crippen molar-refractivity contribution in [1.29, 1.82) is 0 Å². The smallest absolute Gasteiger partial charge is 0.407 e. The number of ether oxygens (including phenoxy) is 2. The summed E-state index contributed by atoms with van der Waals surface area (Å²) in [5, 5.41) is 13.6. The number of unbranched alkanes of at least 4 members (excludes halogenated alkanes) is 1. The predicted octanol–water partition coefficient (Wildman–Crippen LogP) is 4.50. The SMILES string of the molecule is CCCCOC(=O)NC1CCN(C(=O)[C@H](CC2CCCCC2)NC(=O)c2cc(OCC(=O)N3CCC[C@H]3C(=O)NC3CCC3)n(-c3ccccc3)n2)CC1. The highest BCUT2D eigenvalue weighted by Crippen LogP contribution is 2.29. The molecule has 0 unspecified atom stereocenters. The molecule has 2 aromatic rings. The summed E-state index contributed by atoms with van der Waals surface area (Å²) < 4.78 is 12.8. The van der Waals surface area contributed by atoms with Gasteiger partial charge in [-0.3, -0.25) is 19.2 Å². The van der Waals surface area contributed by atoms with Crippen molar-refractivity contribution in [1.82, 2.24) is 35.5 Å². The maximum absolute atomic E-state index is 14.1. The summed E-state index contributed by atoms with van der Waals surface area (Å²) >= 11 is 0. The molecule has 54 heavy (non-hydrogen) atoms. The number of alkyl carbamates (subject to hydrolysis) is 1. The molecule has 3 heterocycles. The molecule has 0 radical (unpaired) electrons. The van der Waals surface area contributed by atoms with E-state index in [0.717, 1.165) is 64.2 Å². The minimum Gasteiger partial charge on any atom is -0.467 e. The molecule has 2 aliphatic carbocycles. The summed E-state index contributed by atoms with van der Waals surface area (Å²) in [4.78, 5) is 70.0. The van der Waals surface area contributed by atoms with Gasteiger partial charge in [0.15, 0.2) is 12.3 Å². The number of carbonyl (C=O) groups is 5. The molecule has 2 aliphatic heterocycles. The Morgan fingerprint density at radius 1 is 0.852 bits per heavy atom. The number of hydrogen-bond donors (Lipinski definition) is 3. The number of nitrogens with one attached hydrogen (secondary N) is 3. The van der Waals surface area contributed by atoms with Crippen LogP contribution < -0.4 is 20.7 Å². The number of likely N-dealkylation sites (tertiary alicyclic amines) is 2. The third-order valence-electron chi connectivity index (χ3n) is 11.3. The van der Waals surface area contributed by atoms with Crippen LogP contribution in [0.15, 0.2) is 36.4 Å². The molecule has 1 aromatic heterocycles. The summed E-state index contributed by atoms with van der Waals surface area (Å²) in [5.74, 6) is -0.537. The van der Waals surface area contributed by atoms with E-state index in [1.165, 1.54) is 17.2 Å². The van der Waals surface area contributed by atoms with E-state index in [-0.39, 0.29) is 48.0 Å². The molecule has 0 spiro atoms. The van der Waals surface area contributed by atoms with Crippen molar-refractivity contribution in [3.63, 3.8) is 0 Å². The van der Waals surface area contributed by atoms with Gasteiger partial charge in [-0.15, -0.1) is 0 Å². The summed E-state index contributed by atoms with van der Waals surface area (Å²) in [6.07, 6.45) is 12.9. The first-order chi connectivity index (χ1) is 26.3. The topological polar surface area (TPSA) is 164 Å². The van der Waals surface area contributed by atoms with Gasteiger partial charge in [0.25, 0.3) is 11.8 Å². The summed E-state index contributed by atoms with van der Waals surface area (Å²) in [6, 6.07) is 9.55. The van der Waals surface area contributed by atoms with Crippen LogP contribution in [-0.2, 0) is 19.1 Å². The highest BCUT2D eigenvalue weighted by molar-refractivity contribution is 5.96. The fourth-order valence-corrected chi connectivity index (χ4v) is 7.93. The van der Waals surface area contributed by atoms with Crippen LogP contribution >= 0.6 is 0 Å².